The number of amides is 1. The molecule has 2 N–H and O–H groups in total. The summed E-state index contributed by atoms with van der Waals surface area (Å²) in [5.41, 5.74) is 2.35. The monoisotopic (exact) mass is 398 g/mol. The highest BCUT2D eigenvalue weighted by Crippen LogP contribution is 2.49. The Morgan fingerprint density at radius 1 is 1.25 bits per heavy atom. The fourth-order valence-electron chi connectivity index (χ4n) is 5.00. The maximum atomic E-state index is 12.5. The summed E-state index contributed by atoms with van der Waals surface area (Å²) in [6.07, 6.45) is 3.97. The van der Waals surface area contributed by atoms with Crippen molar-refractivity contribution in [3.8, 4) is 0 Å². The molecular formula is C21H38N2O5. The maximum Gasteiger partial charge on any atom is 0.407 e. The van der Waals surface area contributed by atoms with Crippen LogP contribution in [0.3, 0.4) is 0 Å². The average Bonchev–Trinajstić information content (AvgIpc) is 3.12. The van der Waals surface area contributed by atoms with Gasteiger partial charge in [0.1, 0.15) is 5.60 Å². The fraction of sp³-hybridized carbons (Fsp3) is 0.905. The van der Waals surface area contributed by atoms with Gasteiger partial charge in [-0.05, 0) is 52.9 Å². The van der Waals surface area contributed by atoms with Gasteiger partial charge in [0.15, 0.2) is 0 Å². The number of fused-ring (bicyclic) bond motifs is 1. The van der Waals surface area contributed by atoms with Crippen LogP contribution in [0.15, 0.2) is 0 Å². The van der Waals surface area contributed by atoms with E-state index in [1.165, 1.54) is 7.11 Å². The summed E-state index contributed by atoms with van der Waals surface area (Å²) < 4.78 is 10.5. The van der Waals surface area contributed by atoms with Crippen molar-refractivity contribution in [2.75, 3.05) is 7.11 Å². The Morgan fingerprint density at radius 3 is 2.36 bits per heavy atom. The molecule has 1 saturated heterocycles. The molecule has 7 heteroatoms. The highest BCUT2D eigenvalue weighted by Gasteiger charge is 2.62. The summed E-state index contributed by atoms with van der Waals surface area (Å²) >= 11 is 0. The second-order valence-corrected chi connectivity index (χ2v) is 9.39. The molecule has 0 aromatic rings. The fourth-order valence-corrected chi connectivity index (χ4v) is 5.00. The minimum absolute atomic E-state index is 0.0350. The number of hydrogen-bond donors (Lipinski definition) is 2. The van der Waals surface area contributed by atoms with E-state index in [0.29, 0.717) is 12.3 Å². The molecule has 1 aliphatic heterocycles. The first-order chi connectivity index (χ1) is 13.1. The van der Waals surface area contributed by atoms with Crippen LogP contribution in [0.2, 0.25) is 0 Å². The largest absolute Gasteiger partial charge is 0.469 e. The van der Waals surface area contributed by atoms with E-state index in [1.807, 2.05) is 20.8 Å². The van der Waals surface area contributed by atoms with Gasteiger partial charge in [-0.1, -0.05) is 26.7 Å². The Bertz CT molecular complexity index is 555. The first kappa shape index (κ1) is 22.9. The molecule has 1 aliphatic carbocycles. The smallest absolute Gasteiger partial charge is 0.407 e. The van der Waals surface area contributed by atoms with Crippen LogP contribution in [0.5, 0.6) is 0 Å². The third-order valence-corrected chi connectivity index (χ3v) is 6.13. The Kier molecular flexibility index (Phi) is 7.37. The SMILES string of the molecule is CCCC(CCC)C1(C)NOC2[C@@H](C(=O)OC)C[C@@H](NC(=O)OC(C)(C)C)[C@@H]21. The van der Waals surface area contributed by atoms with E-state index in [-0.39, 0.29) is 29.6 Å². The van der Waals surface area contributed by atoms with Crippen LogP contribution in [0.25, 0.3) is 0 Å². The van der Waals surface area contributed by atoms with Gasteiger partial charge in [0.2, 0.25) is 0 Å². The van der Waals surface area contributed by atoms with Crippen LogP contribution in [0, 0.1) is 17.8 Å². The average molecular weight is 399 g/mol. The van der Waals surface area contributed by atoms with Crippen molar-refractivity contribution in [2.45, 2.75) is 96.9 Å². The van der Waals surface area contributed by atoms with Crippen molar-refractivity contribution in [3.63, 3.8) is 0 Å². The number of ether oxygens (including phenoxy) is 2. The molecule has 2 rings (SSSR count). The van der Waals surface area contributed by atoms with E-state index in [9.17, 15) is 9.59 Å². The normalized spacial score (nSPS) is 32.3. The van der Waals surface area contributed by atoms with E-state index < -0.39 is 17.6 Å². The third-order valence-electron chi connectivity index (χ3n) is 6.13. The van der Waals surface area contributed by atoms with Crippen molar-refractivity contribution in [1.82, 2.24) is 10.8 Å². The zero-order valence-electron chi connectivity index (χ0n) is 18.5. The summed E-state index contributed by atoms with van der Waals surface area (Å²) in [5, 5.41) is 3.02. The van der Waals surface area contributed by atoms with Crippen molar-refractivity contribution < 1.29 is 23.9 Å². The molecule has 2 unspecified atom stereocenters. The summed E-state index contributed by atoms with van der Waals surface area (Å²) in [7, 11) is 1.39. The first-order valence-corrected chi connectivity index (χ1v) is 10.6. The van der Waals surface area contributed by atoms with E-state index in [0.717, 1.165) is 25.7 Å². The van der Waals surface area contributed by atoms with Crippen LogP contribution in [0.4, 0.5) is 4.79 Å². The van der Waals surface area contributed by atoms with Gasteiger partial charge in [-0.3, -0.25) is 9.63 Å². The van der Waals surface area contributed by atoms with Gasteiger partial charge in [-0.2, -0.15) is 5.48 Å². The summed E-state index contributed by atoms with van der Waals surface area (Å²) in [4.78, 5) is 30.8. The van der Waals surface area contributed by atoms with Crippen molar-refractivity contribution >= 4 is 12.1 Å². The number of rotatable bonds is 7. The number of hydroxylamine groups is 1. The number of alkyl carbamates (subject to hydrolysis) is 1. The van der Waals surface area contributed by atoms with E-state index in [1.54, 1.807) is 0 Å². The molecule has 2 fully saturated rings. The lowest BCUT2D eigenvalue weighted by atomic mass is 9.70. The zero-order valence-corrected chi connectivity index (χ0v) is 18.5. The molecule has 0 aromatic heterocycles. The molecule has 162 valence electrons. The van der Waals surface area contributed by atoms with Crippen LogP contribution in [-0.4, -0.2) is 42.5 Å². The molecule has 7 nitrogen and oxygen atoms in total. The Balaban J connectivity index is 2.29. The minimum Gasteiger partial charge on any atom is -0.469 e. The zero-order chi connectivity index (χ0) is 21.1. The molecule has 1 heterocycles. The number of hydrogen-bond acceptors (Lipinski definition) is 6. The summed E-state index contributed by atoms with van der Waals surface area (Å²) in [6.45, 7) is 12.0. The van der Waals surface area contributed by atoms with Gasteiger partial charge in [0.05, 0.1) is 24.7 Å². The Labute approximate surface area is 169 Å². The van der Waals surface area contributed by atoms with Crippen LogP contribution in [-0.2, 0) is 19.1 Å². The van der Waals surface area contributed by atoms with Gasteiger partial charge in [0, 0.05) is 12.0 Å². The molecule has 0 radical (unpaired) electrons. The molecule has 28 heavy (non-hydrogen) atoms. The lowest BCUT2D eigenvalue weighted by Gasteiger charge is -2.40. The Hall–Kier alpha value is -1.34. The van der Waals surface area contributed by atoms with E-state index in [2.05, 4.69) is 31.6 Å². The summed E-state index contributed by atoms with van der Waals surface area (Å²) in [6, 6.07) is -0.222. The van der Waals surface area contributed by atoms with Gasteiger partial charge in [-0.25, -0.2) is 4.79 Å². The second kappa shape index (κ2) is 8.99. The number of carbonyl (C=O) groups excluding carboxylic acids is 2. The lowest BCUT2D eigenvalue weighted by Crippen LogP contribution is -2.55. The minimum atomic E-state index is -0.579. The predicted octanol–water partition coefficient (Wildman–Crippen LogP) is 3.57. The maximum absolute atomic E-state index is 12.5. The highest BCUT2D eigenvalue weighted by molar-refractivity contribution is 5.74. The van der Waals surface area contributed by atoms with E-state index >= 15 is 0 Å². The second-order valence-electron chi connectivity index (χ2n) is 9.39. The standard InChI is InChI=1S/C21H38N2O5/c1-8-10-13(11-9-2)21(6)16-15(22-19(25)27-20(3,4)5)12-14(18(24)26-7)17(16)28-23-21/h13-17,23H,8-12H2,1-7H3,(H,22,25)/t14-,15+,16-,17?,21?/m0/s1. The molecular weight excluding hydrogens is 360 g/mol. The van der Waals surface area contributed by atoms with Crippen LogP contribution in [0.1, 0.15) is 73.6 Å². The van der Waals surface area contributed by atoms with Gasteiger partial charge >= 0.3 is 12.1 Å². The highest BCUT2D eigenvalue weighted by atomic mass is 16.7. The van der Waals surface area contributed by atoms with Gasteiger partial charge < -0.3 is 14.8 Å². The molecule has 5 atom stereocenters. The molecule has 1 amide bonds. The Morgan fingerprint density at radius 2 is 1.86 bits per heavy atom. The number of esters is 1. The topological polar surface area (TPSA) is 85.9 Å². The molecule has 0 bridgehead atoms. The molecule has 2 aliphatic rings. The van der Waals surface area contributed by atoms with Crippen molar-refractivity contribution in [1.29, 1.82) is 0 Å². The number of nitrogens with one attached hydrogen (secondary N) is 2. The van der Waals surface area contributed by atoms with Crippen LogP contribution < -0.4 is 10.8 Å². The third kappa shape index (κ3) is 4.79. The van der Waals surface area contributed by atoms with Crippen molar-refractivity contribution in [3.05, 3.63) is 0 Å². The number of methoxy groups -OCH3 is 1. The van der Waals surface area contributed by atoms with Crippen LogP contribution >= 0.6 is 0 Å². The predicted molar refractivity (Wildman–Crippen MR) is 106 cm³/mol. The van der Waals surface area contributed by atoms with Crippen molar-refractivity contribution in [2.24, 2.45) is 17.8 Å². The lowest BCUT2D eigenvalue weighted by molar-refractivity contribution is -0.150. The number of carbonyl (C=O) groups is 2. The van der Waals surface area contributed by atoms with Gasteiger partial charge in [0.25, 0.3) is 0 Å². The quantitative estimate of drug-likeness (QED) is 0.638. The summed E-state index contributed by atoms with van der Waals surface area (Å²) in [5.74, 6) is -0.353. The first-order valence-electron chi connectivity index (χ1n) is 10.6. The molecule has 1 saturated carbocycles. The van der Waals surface area contributed by atoms with Gasteiger partial charge in [-0.15, -0.1) is 0 Å². The molecule has 0 spiro atoms. The molecule has 0 aromatic carbocycles. The van der Waals surface area contributed by atoms with E-state index in [4.69, 9.17) is 14.3 Å².